The Bertz CT molecular complexity index is 1160. The van der Waals surface area contributed by atoms with Crippen molar-refractivity contribution in [3.05, 3.63) is 46.5 Å². The Kier molecular flexibility index (Phi) is 8.64. The number of hydrogen-bond donors (Lipinski definition) is 3. The second kappa shape index (κ2) is 11.6. The Morgan fingerprint density at radius 3 is 2.47 bits per heavy atom. The first-order chi connectivity index (χ1) is 16.5. The fourth-order valence-electron chi connectivity index (χ4n) is 3.55. The lowest BCUT2D eigenvalue weighted by molar-refractivity contribution is 0.0952. The van der Waals surface area contributed by atoms with Crippen LogP contribution in [0, 0.1) is 0 Å². The molecule has 10 heteroatoms. The molecule has 1 amide bonds. The first-order valence-electron chi connectivity index (χ1n) is 11.8. The lowest BCUT2D eigenvalue weighted by Gasteiger charge is -2.27. The molecule has 3 aromatic heterocycles. The second-order valence-electron chi connectivity index (χ2n) is 8.07. The summed E-state index contributed by atoms with van der Waals surface area (Å²) in [7, 11) is 5.02. The van der Waals surface area contributed by atoms with Crippen molar-refractivity contribution in [2.75, 3.05) is 31.9 Å². The first kappa shape index (κ1) is 25.2. The Hall–Kier alpha value is -3.40. The van der Waals surface area contributed by atoms with Crippen molar-refractivity contribution in [1.82, 2.24) is 24.5 Å². The van der Waals surface area contributed by atoms with Crippen molar-refractivity contribution in [2.24, 2.45) is 0 Å². The molecular weight excluding hydrogens is 434 g/mol. The summed E-state index contributed by atoms with van der Waals surface area (Å²) in [6.45, 7) is 4.00. The predicted molar refractivity (Wildman–Crippen MR) is 134 cm³/mol. The van der Waals surface area contributed by atoms with E-state index in [4.69, 9.17) is 0 Å². The molecule has 2 aliphatic carbocycles. The molecule has 2 aliphatic rings. The van der Waals surface area contributed by atoms with Crippen LogP contribution >= 0.6 is 0 Å². The van der Waals surface area contributed by atoms with Gasteiger partial charge in [-0.1, -0.05) is 13.8 Å². The molecule has 2 fully saturated rings. The molecule has 0 bridgehead atoms. The zero-order valence-electron chi connectivity index (χ0n) is 20.6. The van der Waals surface area contributed by atoms with Gasteiger partial charge in [0, 0.05) is 45.6 Å². The molecule has 3 aromatic rings. The highest BCUT2D eigenvalue weighted by Gasteiger charge is 2.26. The number of carbonyl (C=O) groups excluding carboxylic acids is 1. The third kappa shape index (κ3) is 5.56. The maximum atomic E-state index is 12.9. The molecule has 5 rings (SSSR count). The number of anilines is 3. The van der Waals surface area contributed by atoms with Gasteiger partial charge in [-0.3, -0.25) is 9.59 Å². The summed E-state index contributed by atoms with van der Waals surface area (Å²) < 4.78 is 7.63. The van der Waals surface area contributed by atoms with Gasteiger partial charge in [0.15, 0.2) is 5.65 Å². The maximum absolute atomic E-state index is 12.9. The summed E-state index contributed by atoms with van der Waals surface area (Å²) in [4.78, 5) is 30.0. The van der Waals surface area contributed by atoms with E-state index in [1.807, 2.05) is 26.1 Å². The Morgan fingerprint density at radius 2 is 1.88 bits per heavy atom. The molecule has 2 saturated carbocycles. The van der Waals surface area contributed by atoms with E-state index in [9.17, 15) is 9.59 Å². The third-order valence-electron chi connectivity index (χ3n) is 5.59. The number of pyridine rings is 1. The van der Waals surface area contributed by atoms with Crippen molar-refractivity contribution in [1.29, 1.82) is 0 Å². The van der Waals surface area contributed by atoms with Crippen LogP contribution in [0.15, 0.2) is 35.4 Å². The van der Waals surface area contributed by atoms with Crippen LogP contribution in [-0.2, 0) is 4.74 Å². The molecule has 0 atom stereocenters. The lowest BCUT2D eigenvalue weighted by Crippen LogP contribution is -2.29. The van der Waals surface area contributed by atoms with E-state index in [0.29, 0.717) is 28.5 Å². The zero-order valence-corrected chi connectivity index (χ0v) is 20.6. The zero-order chi connectivity index (χ0) is 24.7. The molecule has 3 heterocycles. The first-order valence-corrected chi connectivity index (χ1v) is 11.8. The van der Waals surface area contributed by atoms with Crippen LogP contribution in [0.25, 0.3) is 5.65 Å². The molecule has 0 spiro atoms. The van der Waals surface area contributed by atoms with E-state index >= 15 is 0 Å². The van der Waals surface area contributed by atoms with Crippen molar-refractivity contribution in [3.63, 3.8) is 0 Å². The van der Waals surface area contributed by atoms with Crippen LogP contribution in [0.1, 0.15) is 62.4 Å². The van der Waals surface area contributed by atoms with Crippen molar-refractivity contribution in [3.8, 4) is 0 Å². The van der Waals surface area contributed by atoms with Gasteiger partial charge in [-0.25, -0.2) is 4.98 Å². The number of nitrogens with zero attached hydrogens (tertiary/aromatic N) is 4. The standard InChI is InChI=1S/C20H23N7O2.C2H6O.C2H6/c1-21-17-10-16(24-15-6-3-9-26(20(15)29)13-4-2-5-13)25-18-14(11-22-27(17)18)19(28)23-12-7-8-12;1-3-2;1-2/h3,6,9-13,21H,2,4-5,7-8H2,1H3,(H,23,28)(H,24,25);1-2H3;1-2H3. The molecule has 0 aliphatic heterocycles. The number of carbonyl (C=O) groups is 1. The van der Waals surface area contributed by atoms with E-state index in [0.717, 1.165) is 32.1 Å². The summed E-state index contributed by atoms with van der Waals surface area (Å²) in [5.74, 6) is 0.964. The number of fused-ring (bicyclic) bond motifs is 1. The summed E-state index contributed by atoms with van der Waals surface area (Å²) in [5.41, 5.74) is 1.25. The van der Waals surface area contributed by atoms with Crippen LogP contribution in [-0.4, -0.2) is 52.4 Å². The van der Waals surface area contributed by atoms with Gasteiger partial charge in [0.05, 0.1) is 6.20 Å². The van der Waals surface area contributed by atoms with Gasteiger partial charge in [0.25, 0.3) is 11.5 Å². The molecule has 0 saturated heterocycles. The summed E-state index contributed by atoms with van der Waals surface area (Å²) in [5, 5.41) is 13.5. The molecule has 184 valence electrons. The number of methoxy groups -OCH3 is 1. The van der Waals surface area contributed by atoms with Crippen molar-refractivity contribution in [2.45, 2.75) is 58.0 Å². The molecule has 10 nitrogen and oxygen atoms in total. The van der Waals surface area contributed by atoms with Crippen LogP contribution < -0.4 is 21.5 Å². The van der Waals surface area contributed by atoms with Gasteiger partial charge in [0.2, 0.25) is 0 Å². The predicted octanol–water partition coefficient (Wildman–Crippen LogP) is 3.58. The van der Waals surface area contributed by atoms with Gasteiger partial charge in [-0.2, -0.15) is 9.61 Å². The minimum Gasteiger partial charge on any atom is -0.388 e. The summed E-state index contributed by atoms with van der Waals surface area (Å²) in [6, 6.07) is 5.91. The SMILES string of the molecule is CC.CNc1cc(Nc2cccn(C3CCC3)c2=O)nc2c(C(=O)NC3CC3)cnn12.COC. The maximum Gasteiger partial charge on any atom is 0.274 e. The van der Waals surface area contributed by atoms with E-state index < -0.39 is 0 Å². The van der Waals surface area contributed by atoms with Gasteiger partial charge in [-0.05, 0) is 44.2 Å². The number of amides is 1. The second-order valence-corrected chi connectivity index (χ2v) is 8.07. The number of nitrogens with one attached hydrogen (secondary N) is 3. The molecule has 0 unspecified atom stereocenters. The van der Waals surface area contributed by atoms with Crippen LogP contribution in [0.3, 0.4) is 0 Å². The third-order valence-corrected chi connectivity index (χ3v) is 5.59. The Balaban J connectivity index is 0.000000603. The molecule has 0 aromatic carbocycles. The van der Waals surface area contributed by atoms with E-state index in [1.54, 1.807) is 42.5 Å². The van der Waals surface area contributed by atoms with Crippen LogP contribution in [0.5, 0.6) is 0 Å². The normalized spacial score (nSPS) is 14.7. The molecular formula is C24H35N7O3. The minimum atomic E-state index is -0.179. The molecule has 0 radical (unpaired) electrons. The van der Waals surface area contributed by atoms with E-state index in [1.165, 1.54) is 6.20 Å². The topological polar surface area (TPSA) is 115 Å². The minimum absolute atomic E-state index is 0.0647. The quantitative estimate of drug-likeness (QED) is 0.505. The van der Waals surface area contributed by atoms with Crippen molar-refractivity contribution >= 4 is 28.9 Å². The van der Waals surface area contributed by atoms with Gasteiger partial charge in [0.1, 0.15) is 22.9 Å². The highest BCUT2D eigenvalue weighted by Crippen LogP contribution is 2.30. The van der Waals surface area contributed by atoms with Gasteiger partial charge >= 0.3 is 0 Å². The van der Waals surface area contributed by atoms with Crippen LogP contribution in [0.2, 0.25) is 0 Å². The largest absolute Gasteiger partial charge is 0.388 e. The fraction of sp³-hybridized carbons (Fsp3) is 0.500. The number of hydrogen-bond acceptors (Lipinski definition) is 7. The molecule has 34 heavy (non-hydrogen) atoms. The Labute approximate surface area is 199 Å². The summed E-state index contributed by atoms with van der Waals surface area (Å²) >= 11 is 0. The lowest BCUT2D eigenvalue weighted by atomic mass is 9.93. The van der Waals surface area contributed by atoms with E-state index in [-0.39, 0.29) is 23.6 Å². The molecule has 3 N–H and O–H groups in total. The monoisotopic (exact) mass is 469 g/mol. The average Bonchev–Trinajstić information content (AvgIpc) is 3.51. The highest BCUT2D eigenvalue weighted by atomic mass is 16.4. The number of ether oxygens (including phenoxy) is 1. The fourth-order valence-corrected chi connectivity index (χ4v) is 3.55. The summed E-state index contributed by atoms with van der Waals surface area (Å²) in [6.07, 6.45) is 8.61. The highest BCUT2D eigenvalue weighted by molar-refractivity contribution is 6.00. The Morgan fingerprint density at radius 1 is 1.18 bits per heavy atom. The average molecular weight is 470 g/mol. The van der Waals surface area contributed by atoms with Crippen LogP contribution in [0.4, 0.5) is 17.3 Å². The number of rotatable bonds is 6. The van der Waals surface area contributed by atoms with Gasteiger partial charge < -0.3 is 25.3 Å². The van der Waals surface area contributed by atoms with Gasteiger partial charge in [-0.15, -0.1) is 0 Å². The van der Waals surface area contributed by atoms with E-state index in [2.05, 4.69) is 30.8 Å². The smallest absolute Gasteiger partial charge is 0.274 e. The number of aromatic nitrogens is 4. The van der Waals surface area contributed by atoms with Crippen molar-refractivity contribution < 1.29 is 9.53 Å².